The quantitative estimate of drug-likeness (QED) is 0.813. The maximum absolute atomic E-state index is 12.0. The molecule has 21 heavy (non-hydrogen) atoms. The molecule has 1 aromatic carbocycles. The van der Waals surface area contributed by atoms with Crippen LogP contribution in [0.3, 0.4) is 0 Å². The number of halogens is 1. The molecule has 0 heterocycles. The topological polar surface area (TPSA) is 64.3 Å². The molecule has 0 aromatic heterocycles. The van der Waals surface area contributed by atoms with Crippen LogP contribution < -0.4 is 15.8 Å². The molecular formula is C16H27ClN2O2. The Morgan fingerprint density at radius 2 is 2.00 bits per heavy atom. The Morgan fingerprint density at radius 1 is 1.33 bits per heavy atom. The van der Waals surface area contributed by atoms with Gasteiger partial charge < -0.3 is 15.8 Å². The predicted octanol–water partition coefficient (Wildman–Crippen LogP) is 3.06. The van der Waals surface area contributed by atoms with Crippen molar-refractivity contribution in [2.75, 3.05) is 6.61 Å². The third-order valence-electron chi connectivity index (χ3n) is 3.09. The zero-order valence-electron chi connectivity index (χ0n) is 13.3. The Bertz CT molecular complexity index is 438. The number of nitrogens with one attached hydrogen (secondary N) is 1. The molecule has 3 N–H and O–H groups in total. The monoisotopic (exact) mass is 314 g/mol. The molecule has 120 valence electrons. The van der Waals surface area contributed by atoms with Gasteiger partial charge in [-0.25, -0.2) is 0 Å². The third-order valence-corrected chi connectivity index (χ3v) is 3.09. The fraction of sp³-hybridized carbons (Fsp3) is 0.562. The van der Waals surface area contributed by atoms with E-state index in [1.807, 2.05) is 38.1 Å². The SMILES string of the molecule is CCOc1cccc(C(C)NC(=O)[C@@H](N)CC(C)C)c1.Cl. The Labute approximate surface area is 133 Å². The van der Waals surface area contributed by atoms with Gasteiger partial charge in [0.2, 0.25) is 5.91 Å². The first-order valence-corrected chi connectivity index (χ1v) is 7.22. The van der Waals surface area contributed by atoms with Crippen LogP contribution in [0.15, 0.2) is 24.3 Å². The molecule has 1 aromatic rings. The summed E-state index contributed by atoms with van der Waals surface area (Å²) in [7, 11) is 0. The highest BCUT2D eigenvalue weighted by molar-refractivity contribution is 5.85. The highest BCUT2D eigenvalue weighted by atomic mass is 35.5. The highest BCUT2D eigenvalue weighted by Gasteiger charge is 2.17. The van der Waals surface area contributed by atoms with Gasteiger partial charge in [-0.1, -0.05) is 26.0 Å². The molecule has 0 spiro atoms. The molecule has 1 rings (SSSR count). The van der Waals surface area contributed by atoms with Crippen molar-refractivity contribution in [3.05, 3.63) is 29.8 Å². The minimum absolute atomic E-state index is 0. The summed E-state index contributed by atoms with van der Waals surface area (Å²) >= 11 is 0. The summed E-state index contributed by atoms with van der Waals surface area (Å²) in [4.78, 5) is 12.0. The molecule has 0 saturated heterocycles. The van der Waals surface area contributed by atoms with E-state index in [2.05, 4.69) is 19.2 Å². The van der Waals surface area contributed by atoms with Crippen LogP contribution in [0.5, 0.6) is 5.75 Å². The summed E-state index contributed by atoms with van der Waals surface area (Å²) in [6.07, 6.45) is 0.692. The van der Waals surface area contributed by atoms with Crippen LogP contribution in [0.1, 0.15) is 45.7 Å². The van der Waals surface area contributed by atoms with Crippen molar-refractivity contribution < 1.29 is 9.53 Å². The lowest BCUT2D eigenvalue weighted by molar-refractivity contribution is -0.123. The molecule has 2 atom stereocenters. The molecule has 0 aliphatic heterocycles. The summed E-state index contributed by atoms with van der Waals surface area (Å²) in [5.41, 5.74) is 6.90. The average molecular weight is 315 g/mol. The smallest absolute Gasteiger partial charge is 0.237 e. The lowest BCUT2D eigenvalue weighted by Gasteiger charge is -2.19. The minimum atomic E-state index is -0.451. The van der Waals surface area contributed by atoms with Gasteiger partial charge in [0.05, 0.1) is 18.7 Å². The number of ether oxygens (including phenoxy) is 1. The van der Waals surface area contributed by atoms with Gasteiger partial charge in [-0.15, -0.1) is 12.4 Å². The number of hydrogen-bond donors (Lipinski definition) is 2. The lowest BCUT2D eigenvalue weighted by Crippen LogP contribution is -2.42. The van der Waals surface area contributed by atoms with E-state index in [0.29, 0.717) is 18.9 Å². The second kappa shape index (κ2) is 9.64. The number of carbonyl (C=O) groups excluding carboxylic acids is 1. The number of hydrogen-bond acceptors (Lipinski definition) is 3. The summed E-state index contributed by atoms with van der Waals surface area (Å²) in [5.74, 6) is 1.12. The van der Waals surface area contributed by atoms with E-state index in [1.165, 1.54) is 0 Å². The van der Waals surface area contributed by atoms with Crippen LogP contribution in [-0.2, 0) is 4.79 Å². The van der Waals surface area contributed by atoms with Crippen LogP contribution >= 0.6 is 12.4 Å². The maximum atomic E-state index is 12.0. The minimum Gasteiger partial charge on any atom is -0.494 e. The van der Waals surface area contributed by atoms with E-state index in [0.717, 1.165) is 11.3 Å². The fourth-order valence-corrected chi connectivity index (χ4v) is 2.06. The standard InChI is InChI=1S/C16H26N2O2.ClH/c1-5-20-14-8-6-7-13(10-14)12(4)18-16(19)15(17)9-11(2)3;/h6-8,10-12,15H,5,9,17H2,1-4H3,(H,18,19);1H/t12?,15-;/m0./s1. The molecule has 4 nitrogen and oxygen atoms in total. The summed E-state index contributed by atoms with van der Waals surface area (Å²) in [5, 5.41) is 2.95. The summed E-state index contributed by atoms with van der Waals surface area (Å²) in [6, 6.07) is 7.22. The Kier molecular flexibility index (Phi) is 9.06. The highest BCUT2D eigenvalue weighted by Crippen LogP contribution is 2.19. The molecule has 1 amide bonds. The van der Waals surface area contributed by atoms with Crippen LogP contribution in [0.4, 0.5) is 0 Å². The van der Waals surface area contributed by atoms with Gasteiger partial charge >= 0.3 is 0 Å². The predicted molar refractivity (Wildman–Crippen MR) is 88.8 cm³/mol. The number of amides is 1. The zero-order chi connectivity index (χ0) is 15.1. The van der Waals surface area contributed by atoms with Crippen molar-refractivity contribution in [2.24, 2.45) is 11.7 Å². The average Bonchev–Trinajstić information content (AvgIpc) is 2.38. The molecule has 5 heteroatoms. The van der Waals surface area contributed by atoms with Gasteiger partial charge in [0.1, 0.15) is 5.75 Å². The second-order valence-corrected chi connectivity index (χ2v) is 5.47. The Morgan fingerprint density at radius 3 is 2.57 bits per heavy atom. The second-order valence-electron chi connectivity index (χ2n) is 5.47. The van der Waals surface area contributed by atoms with E-state index in [9.17, 15) is 4.79 Å². The molecule has 0 aliphatic carbocycles. The van der Waals surface area contributed by atoms with Gasteiger partial charge in [-0.05, 0) is 43.9 Å². The molecule has 0 saturated carbocycles. The van der Waals surface area contributed by atoms with Crippen LogP contribution in [0.2, 0.25) is 0 Å². The van der Waals surface area contributed by atoms with Crippen molar-refractivity contribution in [1.82, 2.24) is 5.32 Å². The normalized spacial score (nSPS) is 13.2. The molecule has 0 bridgehead atoms. The van der Waals surface area contributed by atoms with Crippen LogP contribution in [-0.4, -0.2) is 18.6 Å². The molecular weight excluding hydrogens is 288 g/mol. The first-order chi connectivity index (χ1) is 9.43. The Hall–Kier alpha value is -1.26. The van der Waals surface area contributed by atoms with Crippen molar-refractivity contribution in [3.8, 4) is 5.75 Å². The number of benzene rings is 1. The molecule has 0 fully saturated rings. The van der Waals surface area contributed by atoms with Gasteiger partial charge in [0, 0.05) is 0 Å². The van der Waals surface area contributed by atoms with E-state index < -0.39 is 6.04 Å². The maximum Gasteiger partial charge on any atom is 0.237 e. The van der Waals surface area contributed by atoms with Gasteiger partial charge in [-0.3, -0.25) is 4.79 Å². The third kappa shape index (κ3) is 6.82. The lowest BCUT2D eigenvalue weighted by atomic mass is 10.0. The summed E-state index contributed by atoms with van der Waals surface area (Å²) < 4.78 is 5.46. The number of rotatable bonds is 7. The number of nitrogens with two attached hydrogens (primary N) is 1. The first kappa shape index (κ1) is 19.7. The largest absolute Gasteiger partial charge is 0.494 e. The van der Waals surface area contributed by atoms with E-state index >= 15 is 0 Å². The van der Waals surface area contributed by atoms with Gasteiger partial charge in [-0.2, -0.15) is 0 Å². The van der Waals surface area contributed by atoms with Crippen molar-refractivity contribution in [1.29, 1.82) is 0 Å². The van der Waals surface area contributed by atoms with Gasteiger partial charge in [0.25, 0.3) is 0 Å². The van der Waals surface area contributed by atoms with Gasteiger partial charge in [0.15, 0.2) is 0 Å². The van der Waals surface area contributed by atoms with Crippen molar-refractivity contribution in [2.45, 2.75) is 46.2 Å². The fourth-order valence-electron chi connectivity index (χ4n) is 2.06. The molecule has 1 unspecified atom stereocenters. The number of carbonyl (C=O) groups is 1. The van der Waals surface area contributed by atoms with Crippen molar-refractivity contribution in [3.63, 3.8) is 0 Å². The van der Waals surface area contributed by atoms with Crippen LogP contribution in [0, 0.1) is 5.92 Å². The van der Waals surface area contributed by atoms with E-state index in [1.54, 1.807) is 0 Å². The van der Waals surface area contributed by atoms with E-state index in [-0.39, 0.29) is 24.4 Å². The first-order valence-electron chi connectivity index (χ1n) is 7.22. The zero-order valence-corrected chi connectivity index (χ0v) is 14.1. The van der Waals surface area contributed by atoms with Crippen LogP contribution in [0.25, 0.3) is 0 Å². The van der Waals surface area contributed by atoms with E-state index in [4.69, 9.17) is 10.5 Å². The molecule has 0 radical (unpaired) electrons. The Balaban J connectivity index is 0.00000400. The summed E-state index contributed by atoms with van der Waals surface area (Å²) in [6.45, 7) is 8.64. The van der Waals surface area contributed by atoms with Crippen molar-refractivity contribution >= 4 is 18.3 Å². The molecule has 0 aliphatic rings.